The van der Waals surface area contributed by atoms with E-state index in [1.54, 1.807) is 0 Å². The summed E-state index contributed by atoms with van der Waals surface area (Å²) in [6, 6.07) is 0. The summed E-state index contributed by atoms with van der Waals surface area (Å²) in [6.07, 6.45) is 2.94. The lowest BCUT2D eigenvalue weighted by Gasteiger charge is -2.02. The van der Waals surface area contributed by atoms with Crippen molar-refractivity contribution in [3.63, 3.8) is 0 Å². The largest absolute Gasteiger partial charge is 0.400 e. The van der Waals surface area contributed by atoms with Gasteiger partial charge < -0.3 is 14.9 Å². The Hall–Kier alpha value is -0.120. The van der Waals surface area contributed by atoms with E-state index in [9.17, 15) is 0 Å². The molecule has 0 aromatic rings. The molecule has 0 aliphatic carbocycles. The van der Waals surface area contributed by atoms with Gasteiger partial charge in [0, 0.05) is 13.7 Å². The number of aliphatic hydroxyl groups is 2. The molecular weight excluding hydrogens is 156 g/mol. The molecule has 12 heavy (non-hydrogen) atoms. The Morgan fingerprint density at radius 3 is 2.33 bits per heavy atom. The van der Waals surface area contributed by atoms with E-state index in [0.29, 0.717) is 6.61 Å². The van der Waals surface area contributed by atoms with Gasteiger partial charge in [0.1, 0.15) is 0 Å². The summed E-state index contributed by atoms with van der Waals surface area (Å²) in [6.45, 7) is 5.37. The van der Waals surface area contributed by atoms with Gasteiger partial charge in [0.25, 0.3) is 0 Å². The highest BCUT2D eigenvalue weighted by molar-refractivity contribution is 4.57. The van der Waals surface area contributed by atoms with Gasteiger partial charge >= 0.3 is 0 Å². The van der Waals surface area contributed by atoms with Crippen molar-refractivity contribution in [2.45, 2.75) is 39.2 Å². The Morgan fingerprint density at radius 1 is 1.17 bits per heavy atom. The first-order chi connectivity index (χ1) is 5.89. The second kappa shape index (κ2) is 13.5. The Morgan fingerprint density at radius 2 is 1.75 bits per heavy atom. The molecule has 1 aliphatic rings. The van der Waals surface area contributed by atoms with Gasteiger partial charge in [-0.25, -0.2) is 0 Å². The molecule has 0 saturated carbocycles. The standard InChI is InChI=1S/C6H12O2.C2H6.CH4O/c7-6-3-1-2-4-8-5-6;2*1-2/h6-7H,1-5H2;1-2H3;2H,1H3. The first-order valence-corrected chi connectivity index (χ1v) is 4.60. The van der Waals surface area contributed by atoms with Crippen LogP contribution in [0.25, 0.3) is 0 Å². The topological polar surface area (TPSA) is 49.7 Å². The molecule has 1 aliphatic heterocycles. The predicted molar refractivity (Wildman–Crippen MR) is 50.2 cm³/mol. The summed E-state index contributed by atoms with van der Waals surface area (Å²) in [4.78, 5) is 0. The Kier molecular flexibility index (Phi) is 16.2. The van der Waals surface area contributed by atoms with Gasteiger partial charge in [0.2, 0.25) is 0 Å². The third-order valence-corrected chi connectivity index (χ3v) is 1.39. The summed E-state index contributed by atoms with van der Waals surface area (Å²) < 4.78 is 5.06. The van der Waals surface area contributed by atoms with E-state index >= 15 is 0 Å². The van der Waals surface area contributed by atoms with Crippen LogP contribution >= 0.6 is 0 Å². The molecule has 1 unspecified atom stereocenters. The molecule has 0 bridgehead atoms. The van der Waals surface area contributed by atoms with Gasteiger partial charge in [-0.2, -0.15) is 0 Å². The van der Waals surface area contributed by atoms with Crippen LogP contribution in [0, 0.1) is 0 Å². The molecule has 0 aromatic carbocycles. The minimum Gasteiger partial charge on any atom is -0.400 e. The van der Waals surface area contributed by atoms with E-state index in [1.165, 1.54) is 0 Å². The number of hydrogen-bond donors (Lipinski definition) is 2. The summed E-state index contributed by atoms with van der Waals surface area (Å²) >= 11 is 0. The van der Waals surface area contributed by atoms with Gasteiger partial charge in [0.05, 0.1) is 12.7 Å². The third-order valence-electron chi connectivity index (χ3n) is 1.39. The van der Waals surface area contributed by atoms with Gasteiger partial charge in [-0.3, -0.25) is 0 Å². The molecule has 0 aromatic heterocycles. The van der Waals surface area contributed by atoms with Crippen molar-refractivity contribution in [2.75, 3.05) is 20.3 Å². The average molecular weight is 178 g/mol. The first-order valence-electron chi connectivity index (χ1n) is 4.60. The van der Waals surface area contributed by atoms with Crippen LogP contribution in [0.3, 0.4) is 0 Å². The smallest absolute Gasteiger partial charge is 0.0773 e. The SMILES string of the molecule is CC.CO.OC1CCCCOC1. The second-order valence-electron chi connectivity index (χ2n) is 2.22. The lowest BCUT2D eigenvalue weighted by Crippen LogP contribution is -2.11. The van der Waals surface area contributed by atoms with Crippen molar-refractivity contribution in [2.24, 2.45) is 0 Å². The molecule has 76 valence electrons. The van der Waals surface area contributed by atoms with Crippen molar-refractivity contribution in [3.05, 3.63) is 0 Å². The average Bonchev–Trinajstić information content (AvgIpc) is 2.40. The quantitative estimate of drug-likeness (QED) is 0.585. The maximum atomic E-state index is 8.96. The van der Waals surface area contributed by atoms with Crippen molar-refractivity contribution < 1.29 is 14.9 Å². The Balaban J connectivity index is 0. The summed E-state index contributed by atoms with van der Waals surface area (Å²) in [5.41, 5.74) is 0. The molecule has 3 nitrogen and oxygen atoms in total. The van der Waals surface area contributed by atoms with Crippen LogP contribution in [0.1, 0.15) is 33.1 Å². The first kappa shape index (κ1) is 14.4. The van der Waals surface area contributed by atoms with Crippen molar-refractivity contribution in [1.82, 2.24) is 0 Å². The zero-order chi connectivity index (χ0) is 9.82. The fourth-order valence-corrected chi connectivity index (χ4v) is 0.887. The molecule has 1 saturated heterocycles. The van der Waals surface area contributed by atoms with Crippen molar-refractivity contribution >= 4 is 0 Å². The maximum absolute atomic E-state index is 8.96. The molecule has 1 heterocycles. The number of aliphatic hydroxyl groups excluding tert-OH is 2. The van der Waals surface area contributed by atoms with E-state index in [2.05, 4.69) is 0 Å². The maximum Gasteiger partial charge on any atom is 0.0773 e. The van der Waals surface area contributed by atoms with Gasteiger partial charge in [0.15, 0.2) is 0 Å². The monoisotopic (exact) mass is 178 g/mol. The zero-order valence-corrected chi connectivity index (χ0v) is 8.42. The highest BCUT2D eigenvalue weighted by Crippen LogP contribution is 2.06. The lowest BCUT2D eigenvalue weighted by atomic mass is 10.2. The summed E-state index contributed by atoms with van der Waals surface area (Å²) in [5, 5.41) is 16.0. The molecule has 3 heteroatoms. The molecule has 0 amide bonds. The van der Waals surface area contributed by atoms with Crippen molar-refractivity contribution in [1.29, 1.82) is 0 Å². The molecule has 1 fully saturated rings. The summed E-state index contributed by atoms with van der Waals surface area (Å²) in [7, 11) is 1.00. The van der Waals surface area contributed by atoms with Crippen LogP contribution in [-0.4, -0.2) is 36.6 Å². The number of hydrogen-bond acceptors (Lipinski definition) is 3. The zero-order valence-electron chi connectivity index (χ0n) is 8.42. The van der Waals surface area contributed by atoms with Crippen molar-refractivity contribution in [3.8, 4) is 0 Å². The Bertz CT molecular complexity index is 58.8. The lowest BCUT2D eigenvalue weighted by molar-refractivity contribution is 0.0512. The van der Waals surface area contributed by atoms with Crippen LogP contribution in [0.4, 0.5) is 0 Å². The van der Waals surface area contributed by atoms with Gasteiger partial charge in [-0.15, -0.1) is 0 Å². The highest BCUT2D eigenvalue weighted by atomic mass is 16.5. The normalized spacial score (nSPS) is 22.2. The van der Waals surface area contributed by atoms with E-state index < -0.39 is 0 Å². The second-order valence-corrected chi connectivity index (χ2v) is 2.22. The minimum absolute atomic E-state index is 0.197. The fourth-order valence-electron chi connectivity index (χ4n) is 0.887. The van der Waals surface area contributed by atoms with Crippen LogP contribution in [0.5, 0.6) is 0 Å². The summed E-state index contributed by atoms with van der Waals surface area (Å²) in [5.74, 6) is 0. The molecule has 1 rings (SSSR count). The third kappa shape index (κ3) is 9.88. The fraction of sp³-hybridized carbons (Fsp3) is 1.00. The highest BCUT2D eigenvalue weighted by Gasteiger charge is 2.06. The van der Waals surface area contributed by atoms with E-state index in [0.717, 1.165) is 33.0 Å². The predicted octanol–water partition coefficient (Wildman–Crippen LogP) is 1.18. The minimum atomic E-state index is -0.197. The molecule has 2 N–H and O–H groups in total. The Labute approximate surface area is 75.4 Å². The van der Waals surface area contributed by atoms with Crippen LogP contribution in [-0.2, 0) is 4.74 Å². The van der Waals surface area contributed by atoms with E-state index in [1.807, 2.05) is 13.8 Å². The van der Waals surface area contributed by atoms with E-state index in [4.69, 9.17) is 14.9 Å². The molecular formula is C9H22O3. The molecule has 0 spiro atoms. The number of ether oxygens (including phenoxy) is 1. The van der Waals surface area contributed by atoms with Crippen LogP contribution < -0.4 is 0 Å². The molecule has 0 radical (unpaired) electrons. The number of rotatable bonds is 0. The van der Waals surface area contributed by atoms with Crippen LogP contribution in [0.2, 0.25) is 0 Å². The van der Waals surface area contributed by atoms with Crippen LogP contribution in [0.15, 0.2) is 0 Å². The van der Waals surface area contributed by atoms with Gasteiger partial charge in [-0.05, 0) is 19.3 Å². The van der Waals surface area contributed by atoms with Gasteiger partial charge in [-0.1, -0.05) is 13.8 Å². The van der Waals surface area contributed by atoms with E-state index in [-0.39, 0.29) is 6.10 Å². The molecule has 1 atom stereocenters.